The van der Waals surface area contributed by atoms with Gasteiger partial charge in [0.15, 0.2) is 0 Å². The predicted molar refractivity (Wildman–Crippen MR) is 53.8 cm³/mol. The van der Waals surface area contributed by atoms with Crippen molar-refractivity contribution in [3.63, 3.8) is 0 Å². The first kappa shape index (κ1) is 12.8. The van der Waals surface area contributed by atoms with Crippen molar-refractivity contribution in [1.82, 2.24) is 5.32 Å². The summed E-state index contributed by atoms with van der Waals surface area (Å²) in [7, 11) is 3.35. The fourth-order valence-electron chi connectivity index (χ4n) is 0.952. The molecular weight excluding hydrogens is 168 g/mol. The number of nitrogens with one attached hydrogen (secondary N) is 1. The summed E-state index contributed by atoms with van der Waals surface area (Å²) in [5.74, 6) is 0. The zero-order valence-electron chi connectivity index (χ0n) is 9.09. The van der Waals surface area contributed by atoms with Crippen LogP contribution in [0.25, 0.3) is 0 Å². The normalized spacial score (nSPS) is 14.5. The van der Waals surface area contributed by atoms with Gasteiger partial charge in [0.25, 0.3) is 0 Å². The van der Waals surface area contributed by atoms with Crippen LogP contribution in [0.2, 0.25) is 0 Å². The second kappa shape index (κ2) is 6.32. The van der Waals surface area contributed by atoms with Gasteiger partial charge >= 0.3 is 0 Å². The summed E-state index contributed by atoms with van der Waals surface area (Å²) in [6, 6.07) is 0. The molecule has 0 spiro atoms. The molecule has 1 atom stereocenters. The smallest absolute Gasteiger partial charge is 0.0928 e. The molecule has 1 unspecified atom stereocenters. The fraction of sp³-hybridized carbons (Fsp3) is 1.00. The zero-order valence-corrected chi connectivity index (χ0v) is 9.09. The van der Waals surface area contributed by atoms with E-state index in [9.17, 15) is 0 Å². The van der Waals surface area contributed by atoms with Crippen molar-refractivity contribution in [2.75, 3.05) is 33.9 Å². The van der Waals surface area contributed by atoms with E-state index in [0.29, 0.717) is 6.61 Å². The molecule has 0 aliphatic heterocycles. The van der Waals surface area contributed by atoms with Crippen molar-refractivity contribution in [2.45, 2.75) is 25.5 Å². The van der Waals surface area contributed by atoms with Crippen molar-refractivity contribution in [3.05, 3.63) is 0 Å². The molecule has 80 valence electrons. The third-order valence-electron chi connectivity index (χ3n) is 1.64. The van der Waals surface area contributed by atoms with Crippen molar-refractivity contribution in [3.8, 4) is 0 Å². The highest BCUT2D eigenvalue weighted by Gasteiger charge is 2.11. The summed E-state index contributed by atoms with van der Waals surface area (Å²) in [5, 5.41) is 3.23. The number of nitrogens with two attached hydrogens (primary N) is 1. The molecule has 0 aromatic carbocycles. The molecule has 0 aliphatic rings. The maximum Gasteiger partial charge on any atom is 0.0928 e. The molecule has 0 aromatic rings. The Morgan fingerprint density at radius 3 is 2.38 bits per heavy atom. The van der Waals surface area contributed by atoms with Crippen molar-refractivity contribution < 1.29 is 9.47 Å². The molecule has 0 fully saturated rings. The number of rotatable bonds is 7. The average Bonchev–Trinajstić information content (AvgIpc) is 2.01. The lowest BCUT2D eigenvalue weighted by Crippen LogP contribution is -2.45. The van der Waals surface area contributed by atoms with Gasteiger partial charge in [0.2, 0.25) is 0 Å². The first-order chi connectivity index (χ1) is 5.99. The first-order valence-corrected chi connectivity index (χ1v) is 4.51. The van der Waals surface area contributed by atoms with Crippen LogP contribution in [0, 0.1) is 0 Å². The Morgan fingerprint density at radius 2 is 2.00 bits per heavy atom. The Labute approximate surface area is 80.8 Å². The molecule has 0 aromatic heterocycles. The van der Waals surface area contributed by atoms with Crippen molar-refractivity contribution >= 4 is 0 Å². The fourth-order valence-corrected chi connectivity index (χ4v) is 0.952. The predicted octanol–water partition coefficient (Wildman–Crippen LogP) is -0.0253. The Kier molecular flexibility index (Phi) is 6.24. The maximum atomic E-state index is 5.80. The minimum absolute atomic E-state index is 0.104. The summed E-state index contributed by atoms with van der Waals surface area (Å²) >= 11 is 0. The molecule has 0 saturated heterocycles. The molecule has 0 heterocycles. The second-order valence-corrected chi connectivity index (χ2v) is 3.93. The highest BCUT2D eigenvalue weighted by Crippen LogP contribution is 1.94. The van der Waals surface area contributed by atoms with Gasteiger partial charge in [0.1, 0.15) is 0 Å². The van der Waals surface area contributed by atoms with Gasteiger partial charge in [-0.2, -0.15) is 0 Å². The topological polar surface area (TPSA) is 56.5 Å². The SMILES string of the molecule is COCC(CNCC(C)(C)N)OC. The Bertz CT molecular complexity index is 123. The van der Waals surface area contributed by atoms with E-state index in [2.05, 4.69) is 5.32 Å². The Morgan fingerprint density at radius 1 is 1.38 bits per heavy atom. The van der Waals surface area contributed by atoms with Gasteiger partial charge in [-0.25, -0.2) is 0 Å². The summed E-state index contributed by atoms with van der Waals surface area (Å²) in [6.07, 6.45) is 0.104. The minimum atomic E-state index is -0.175. The molecule has 0 rings (SSSR count). The van der Waals surface area contributed by atoms with Gasteiger partial charge in [-0.1, -0.05) is 0 Å². The monoisotopic (exact) mass is 190 g/mol. The molecule has 3 N–H and O–H groups in total. The highest BCUT2D eigenvalue weighted by atomic mass is 16.5. The molecule has 0 bridgehead atoms. The lowest BCUT2D eigenvalue weighted by atomic mass is 10.1. The first-order valence-electron chi connectivity index (χ1n) is 4.51. The molecule has 0 saturated carbocycles. The van der Waals surface area contributed by atoms with E-state index in [0.717, 1.165) is 13.1 Å². The van der Waals surface area contributed by atoms with Crippen LogP contribution in [-0.2, 0) is 9.47 Å². The third-order valence-corrected chi connectivity index (χ3v) is 1.64. The molecule has 4 heteroatoms. The van der Waals surface area contributed by atoms with Gasteiger partial charge in [-0.05, 0) is 13.8 Å². The average molecular weight is 190 g/mol. The largest absolute Gasteiger partial charge is 0.382 e. The third kappa shape index (κ3) is 8.18. The molecule has 13 heavy (non-hydrogen) atoms. The molecule has 0 amide bonds. The van der Waals surface area contributed by atoms with Crippen LogP contribution in [-0.4, -0.2) is 45.6 Å². The van der Waals surface area contributed by atoms with Crippen LogP contribution in [0.3, 0.4) is 0 Å². The van der Waals surface area contributed by atoms with Gasteiger partial charge in [-0.3, -0.25) is 0 Å². The number of ether oxygens (including phenoxy) is 2. The van der Waals surface area contributed by atoms with Gasteiger partial charge in [-0.15, -0.1) is 0 Å². The van der Waals surface area contributed by atoms with Crippen LogP contribution >= 0.6 is 0 Å². The van der Waals surface area contributed by atoms with E-state index < -0.39 is 0 Å². The lowest BCUT2D eigenvalue weighted by molar-refractivity contribution is 0.0285. The van der Waals surface area contributed by atoms with E-state index in [4.69, 9.17) is 15.2 Å². The minimum Gasteiger partial charge on any atom is -0.382 e. The van der Waals surface area contributed by atoms with Gasteiger partial charge in [0, 0.05) is 32.8 Å². The second-order valence-electron chi connectivity index (χ2n) is 3.93. The number of hydrogen-bond donors (Lipinski definition) is 2. The Balaban J connectivity index is 3.49. The van der Waals surface area contributed by atoms with Crippen LogP contribution in [0.1, 0.15) is 13.8 Å². The highest BCUT2D eigenvalue weighted by molar-refractivity contribution is 4.75. The van der Waals surface area contributed by atoms with Crippen molar-refractivity contribution in [2.24, 2.45) is 5.73 Å². The van der Waals surface area contributed by atoms with E-state index in [1.165, 1.54) is 0 Å². The van der Waals surface area contributed by atoms with Crippen molar-refractivity contribution in [1.29, 1.82) is 0 Å². The Hall–Kier alpha value is -0.160. The summed E-state index contributed by atoms with van der Waals surface area (Å²) in [4.78, 5) is 0. The molecular formula is C9H22N2O2. The van der Waals surface area contributed by atoms with E-state index in [-0.39, 0.29) is 11.6 Å². The van der Waals surface area contributed by atoms with E-state index >= 15 is 0 Å². The van der Waals surface area contributed by atoms with Crippen LogP contribution < -0.4 is 11.1 Å². The zero-order chi connectivity index (χ0) is 10.3. The van der Waals surface area contributed by atoms with Crippen LogP contribution in [0.15, 0.2) is 0 Å². The standard InChI is InChI=1S/C9H22N2O2/c1-9(2,10)7-11-5-8(13-4)6-12-3/h8,11H,5-7,10H2,1-4H3. The number of hydrogen-bond acceptors (Lipinski definition) is 4. The van der Waals surface area contributed by atoms with E-state index in [1.54, 1.807) is 14.2 Å². The van der Waals surface area contributed by atoms with Gasteiger partial charge in [0.05, 0.1) is 12.7 Å². The number of methoxy groups -OCH3 is 2. The lowest BCUT2D eigenvalue weighted by Gasteiger charge is -2.21. The quantitative estimate of drug-likeness (QED) is 0.592. The van der Waals surface area contributed by atoms with E-state index in [1.807, 2.05) is 13.8 Å². The summed E-state index contributed by atoms with van der Waals surface area (Å²) in [6.45, 7) is 6.12. The maximum absolute atomic E-state index is 5.80. The summed E-state index contributed by atoms with van der Waals surface area (Å²) in [5.41, 5.74) is 5.63. The summed E-state index contributed by atoms with van der Waals surface area (Å²) < 4.78 is 10.2. The van der Waals surface area contributed by atoms with Crippen LogP contribution in [0.5, 0.6) is 0 Å². The molecule has 0 aliphatic carbocycles. The molecule has 0 radical (unpaired) electrons. The van der Waals surface area contributed by atoms with Gasteiger partial charge < -0.3 is 20.5 Å². The molecule has 4 nitrogen and oxygen atoms in total. The van der Waals surface area contributed by atoms with Crippen LogP contribution in [0.4, 0.5) is 0 Å².